The molecule has 2 aromatic rings. The molecular weight excluding hydrogens is 342 g/mol. The zero-order chi connectivity index (χ0) is 19.2. The fourth-order valence-corrected chi connectivity index (χ4v) is 3.11. The lowest BCUT2D eigenvalue weighted by Crippen LogP contribution is -2.38. The molecule has 7 nitrogen and oxygen atoms in total. The van der Waals surface area contributed by atoms with Crippen LogP contribution in [-0.4, -0.2) is 53.9 Å². The van der Waals surface area contributed by atoms with Gasteiger partial charge in [0.25, 0.3) is 0 Å². The molecule has 3 rings (SSSR count). The van der Waals surface area contributed by atoms with Gasteiger partial charge in [-0.25, -0.2) is 4.98 Å². The highest BCUT2D eigenvalue weighted by Crippen LogP contribution is 2.22. The molecule has 0 saturated carbocycles. The quantitative estimate of drug-likeness (QED) is 0.874. The van der Waals surface area contributed by atoms with Crippen molar-refractivity contribution in [3.63, 3.8) is 0 Å². The Kier molecular flexibility index (Phi) is 6.01. The second kappa shape index (κ2) is 8.62. The van der Waals surface area contributed by atoms with Gasteiger partial charge in [-0.1, -0.05) is 12.1 Å². The summed E-state index contributed by atoms with van der Waals surface area (Å²) in [5.74, 6) is 0.958. The van der Waals surface area contributed by atoms with Crippen LogP contribution in [0.3, 0.4) is 0 Å². The van der Waals surface area contributed by atoms with Crippen LogP contribution in [0, 0.1) is 5.92 Å². The molecule has 1 fully saturated rings. The number of anilines is 2. The van der Waals surface area contributed by atoms with Gasteiger partial charge in [0.1, 0.15) is 5.82 Å². The zero-order valence-electron chi connectivity index (χ0n) is 15.8. The van der Waals surface area contributed by atoms with Crippen LogP contribution in [0.1, 0.15) is 18.4 Å². The Hall–Kier alpha value is -2.96. The Labute approximate surface area is 159 Å². The van der Waals surface area contributed by atoms with Crippen LogP contribution in [-0.2, 0) is 16.0 Å². The van der Waals surface area contributed by atoms with Crippen molar-refractivity contribution < 1.29 is 9.59 Å². The Bertz CT molecular complexity index is 769. The number of nitrogens with zero attached hydrogens (tertiary/aromatic N) is 4. The van der Waals surface area contributed by atoms with Crippen molar-refractivity contribution in [3.05, 3.63) is 48.4 Å². The summed E-state index contributed by atoms with van der Waals surface area (Å²) >= 11 is 0. The minimum absolute atomic E-state index is 0.00656. The van der Waals surface area contributed by atoms with Gasteiger partial charge in [-0.3, -0.25) is 14.6 Å². The van der Waals surface area contributed by atoms with Crippen LogP contribution in [0.4, 0.5) is 11.5 Å². The summed E-state index contributed by atoms with van der Waals surface area (Å²) in [6.45, 7) is 1.59. The summed E-state index contributed by atoms with van der Waals surface area (Å²) in [4.78, 5) is 36.4. The number of hydrogen-bond donors (Lipinski definition) is 1. The molecule has 142 valence electrons. The smallest absolute Gasteiger partial charge is 0.227 e. The lowest BCUT2D eigenvalue weighted by atomic mass is 9.96. The third-order valence-corrected chi connectivity index (χ3v) is 4.81. The molecule has 0 atom stereocenters. The summed E-state index contributed by atoms with van der Waals surface area (Å²) in [6.07, 6.45) is 7.04. The number of aromatic nitrogens is 2. The Morgan fingerprint density at radius 3 is 2.44 bits per heavy atom. The van der Waals surface area contributed by atoms with E-state index in [0.29, 0.717) is 6.42 Å². The van der Waals surface area contributed by atoms with E-state index in [-0.39, 0.29) is 17.7 Å². The molecule has 1 aromatic heterocycles. The molecule has 0 bridgehead atoms. The number of rotatable bonds is 5. The van der Waals surface area contributed by atoms with Gasteiger partial charge >= 0.3 is 0 Å². The predicted molar refractivity (Wildman–Crippen MR) is 104 cm³/mol. The second-order valence-corrected chi connectivity index (χ2v) is 6.98. The van der Waals surface area contributed by atoms with E-state index in [9.17, 15) is 9.59 Å². The number of carbonyl (C=O) groups is 2. The fourth-order valence-electron chi connectivity index (χ4n) is 3.11. The average molecular weight is 367 g/mol. The molecule has 2 amide bonds. The molecule has 1 aromatic carbocycles. The average Bonchev–Trinajstić information content (AvgIpc) is 2.70. The van der Waals surface area contributed by atoms with Gasteiger partial charge in [-0.15, -0.1) is 0 Å². The highest BCUT2D eigenvalue weighted by molar-refractivity contribution is 5.92. The first-order chi connectivity index (χ1) is 13.0. The van der Waals surface area contributed by atoms with Crippen molar-refractivity contribution in [3.8, 4) is 0 Å². The van der Waals surface area contributed by atoms with Gasteiger partial charge in [-0.05, 0) is 30.5 Å². The maximum atomic E-state index is 12.5. The first-order valence-electron chi connectivity index (χ1n) is 9.14. The Morgan fingerprint density at radius 2 is 1.85 bits per heavy atom. The maximum absolute atomic E-state index is 12.5. The molecular formula is C20H25N5O2. The Morgan fingerprint density at radius 1 is 1.15 bits per heavy atom. The molecule has 0 radical (unpaired) electrons. The molecule has 27 heavy (non-hydrogen) atoms. The first-order valence-corrected chi connectivity index (χ1v) is 9.14. The van der Waals surface area contributed by atoms with E-state index in [1.807, 2.05) is 24.3 Å². The molecule has 0 unspecified atom stereocenters. The molecule has 1 N–H and O–H groups in total. The number of amides is 2. The lowest BCUT2D eigenvalue weighted by Gasteiger charge is -2.31. The SMILES string of the molecule is CN(C)C(=O)Cc1ccc(NC(=O)C2CCN(c3cnccn3)CC2)cc1. The van der Waals surface area contributed by atoms with E-state index in [1.54, 1.807) is 37.6 Å². The highest BCUT2D eigenvalue weighted by Gasteiger charge is 2.25. The van der Waals surface area contributed by atoms with Gasteiger partial charge in [0.05, 0.1) is 12.6 Å². The maximum Gasteiger partial charge on any atom is 0.227 e. The van der Waals surface area contributed by atoms with Gasteiger partial charge in [0.2, 0.25) is 11.8 Å². The minimum Gasteiger partial charge on any atom is -0.355 e. The summed E-state index contributed by atoms with van der Waals surface area (Å²) in [5.41, 5.74) is 1.70. The minimum atomic E-state index is -0.00656. The third-order valence-electron chi connectivity index (χ3n) is 4.81. The highest BCUT2D eigenvalue weighted by atomic mass is 16.2. The van der Waals surface area contributed by atoms with Crippen LogP contribution in [0.25, 0.3) is 0 Å². The van der Waals surface area contributed by atoms with Crippen LogP contribution < -0.4 is 10.2 Å². The Balaban J connectivity index is 1.50. The standard InChI is InChI=1S/C20H25N5O2/c1-24(2)19(26)13-15-3-5-17(6-4-15)23-20(27)16-7-11-25(12-8-16)18-14-21-9-10-22-18/h3-6,9-10,14,16H,7-8,11-13H2,1-2H3,(H,23,27). The van der Waals surface area contributed by atoms with Gasteiger partial charge in [0, 0.05) is 51.2 Å². The topological polar surface area (TPSA) is 78.4 Å². The van der Waals surface area contributed by atoms with Crippen molar-refractivity contribution in [2.24, 2.45) is 5.92 Å². The first kappa shape index (κ1) is 18.8. The molecule has 1 saturated heterocycles. The van der Waals surface area contributed by atoms with E-state index in [4.69, 9.17) is 0 Å². The number of benzene rings is 1. The van der Waals surface area contributed by atoms with Crippen molar-refractivity contribution in [2.45, 2.75) is 19.3 Å². The van der Waals surface area contributed by atoms with Crippen molar-refractivity contribution in [2.75, 3.05) is 37.4 Å². The number of hydrogen-bond acceptors (Lipinski definition) is 5. The molecule has 1 aliphatic rings. The van der Waals surface area contributed by atoms with E-state index < -0.39 is 0 Å². The molecule has 1 aliphatic heterocycles. The van der Waals surface area contributed by atoms with Crippen LogP contribution in [0.15, 0.2) is 42.9 Å². The fraction of sp³-hybridized carbons (Fsp3) is 0.400. The summed E-state index contributed by atoms with van der Waals surface area (Å²) in [6, 6.07) is 7.47. The molecule has 0 aliphatic carbocycles. The second-order valence-electron chi connectivity index (χ2n) is 6.98. The van der Waals surface area contributed by atoms with Gasteiger partial charge < -0.3 is 15.1 Å². The monoisotopic (exact) mass is 367 g/mol. The molecule has 7 heteroatoms. The van der Waals surface area contributed by atoms with E-state index in [0.717, 1.165) is 43.0 Å². The lowest BCUT2D eigenvalue weighted by molar-refractivity contribution is -0.128. The number of likely N-dealkylation sites (N-methyl/N-ethyl adjacent to an activating group) is 1. The molecule has 0 spiro atoms. The summed E-state index contributed by atoms with van der Waals surface area (Å²) in [7, 11) is 3.49. The third kappa shape index (κ3) is 5.03. The van der Waals surface area contributed by atoms with Gasteiger partial charge in [0.15, 0.2) is 0 Å². The largest absolute Gasteiger partial charge is 0.355 e. The summed E-state index contributed by atoms with van der Waals surface area (Å²) < 4.78 is 0. The number of nitrogens with one attached hydrogen (secondary N) is 1. The van der Waals surface area contributed by atoms with E-state index in [2.05, 4.69) is 20.2 Å². The van der Waals surface area contributed by atoms with Crippen molar-refractivity contribution >= 4 is 23.3 Å². The van der Waals surface area contributed by atoms with Crippen molar-refractivity contribution in [1.29, 1.82) is 0 Å². The molecule has 2 heterocycles. The van der Waals surface area contributed by atoms with Crippen LogP contribution >= 0.6 is 0 Å². The zero-order valence-corrected chi connectivity index (χ0v) is 15.8. The van der Waals surface area contributed by atoms with E-state index >= 15 is 0 Å². The van der Waals surface area contributed by atoms with Crippen LogP contribution in [0.5, 0.6) is 0 Å². The van der Waals surface area contributed by atoms with Crippen molar-refractivity contribution in [1.82, 2.24) is 14.9 Å². The summed E-state index contributed by atoms with van der Waals surface area (Å²) in [5, 5.41) is 2.99. The van der Waals surface area contributed by atoms with E-state index in [1.165, 1.54) is 0 Å². The number of piperidine rings is 1. The normalized spacial score (nSPS) is 14.7. The predicted octanol–water partition coefficient (Wildman–Crippen LogP) is 1.96. The number of carbonyl (C=O) groups excluding carboxylic acids is 2. The van der Waals surface area contributed by atoms with Gasteiger partial charge in [-0.2, -0.15) is 0 Å². The van der Waals surface area contributed by atoms with Crippen LogP contribution in [0.2, 0.25) is 0 Å².